The molecule has 0 spiro atoms. The van der Waals surface area contributed by atoms with Gasteiger partial charge >= 0.3 is 0 Å². The Hall–Kier alpha value is -2.08. The lowest BCUT2D eigenvalue weighted by molar-refractivity contribution is -0.140. The summed E-state index contributed by atoms with van der Waals surface area (Å²) in [7, 11) is 1.52. The van der Waals surface area contributed by atoms with Crippen LogP contribution in [0.25, 0.3) is 0 Å². The maximum absolute atomic E-state index is 12.4. The SMILES string of the molecule is COc1ccc(NC(=O)CCN2C(=O)[C@H]3CCCC[C@H]3C2=O)cc1Cl. The molecule has 1 heterocycles. The fourth-order valence-electron chi connectivity index (χ4n) is 3.63. The molecule has 7 heteroatoms. The Balaban J connectivity index is 1.56. The lowest BCUT2D eigenvalue weighted by Gasteiger charge is -2.19. The number of methoxy groups -OCH3 is 1. The second kappa shape index (κ2) is 7.44. The van der Waals surface area contributed by atoms with Gasteiger partial charge in [-0.1, -0.05) is 24.4 Å². The minimum atomic E-state index is -0.267. The average Bonchev–Trinajstić information content (AvgIpc) is 2.85. The molecule has 0 unspecified atom stereocenters. The van der Waals surface area contributed by atoms with E-state index in [1.807, 2.05) is 0 Å². The van der Waals surface area contributed by atoms with Gasteiger partial charge < -0.3 is 10.1 Å². The van der Waals surface area contributed by atoms with Crippen molar-refractivity contribution in [1.82, 2.24) is 4.90 Å². The van der Waals surface area contributed by atoms with Crippen molar-refractivity contribution >= 4 is 35.0 Å². The van der Waals surface area contributed by atoms with E-state index in [0.29, 0.717) is 16.5 Å². The molecule has 6 nitrogen and oxygen atoms in total. The summed E-state index contributed by atoms with van der Waals surface area (Å²) in [4.78, 5) is 38.1. The predicted molar refractivity (Wildman–Crippen MR) is 93.4 cm³/mol. The molecule has 1 aliphatic carbocycles. The predicted octanol–water partition coefficient (Wildman–Crippen LogP) is 2.85. The van der Waals surface area contributed by atoms with Crippen LogP contribution >= 0.6 is 11.6 Å². The van der Waals surface area contributed by atoms with Gasteiger partial charge in [-0.2, -0.15) is 0 Å². The normalized spacial score (nSPS) is 22.7. The Kier molecular flexibility index (Phi) is 5.27. The fourth-order valence-corrected chi connectivity index (χ4v) is 3.89. The highest BCUT2D eigenvalue weighted by atomic mass is 35.5. The van der Waals surface area contributed by atoms with Gasteiger partial charge in [0.05, 0.1) is 24.0 Å². The summed E-state index contributed by atoms with van der Waals surface area (Å²) in [6.45, 7) is 0.125. The van der Waals surface area contributed by atoms with Crippen LogP contribution in [0.5, 0.6) is 5.75 Å². The standard InChI is InChI=1S/C18H21ClN2O4/c1-25-15-7-6-11(10-14(15)19)20-16(22)8-9-21-17(23)12-4-2-3-5-13(12)18(21)24/h6-7,10,12-13H,2-5,8-9H2,1H3,(H,20,22)/t12-,13+. The van der Waals surface area contributed by atoms with Crippen molar-refractivity contribution in [3.8, 4) is 5.75 Å². The van der Waals surface area contributed by atoms with Gasteiger partial charge in [0.1, 0.15) is 5.75 Å². The average molecular weight is 365 g/mol. The molecule has 1 saturated heterocycles. The van der Waals surface area contributed by atoms with E-state index >= 15 is 0 Å². The van der Waals surface area contributed by atoms with E-state index in [0.717, 1.165) is 25.7 Å². The van der Waals surface area contributed by atoms with Gasteiger partial charge in [-0.05, 0) is 31.0 Å². The van der Waals surface area contributed by atoms with E-state index in [4.69, 9.17) is 16.3 Å². The minimum Gasteiger partial charge on any atom is -0.495 e. The number of nitrogens with zero attached hydrogens (tertiary/aromatic N) is 1. The van der Waals surface area contributed by atoms with E-state index in [1.165, 1.54) is 12.0 Å². The highest BCUT2D eigenvalue weighted by Gasteiger charge is 2.47. The first-order valence-electron chi connectivity index (χ1n) is 8.50. The van der Waals surface area contributed by atoms with Crippen LogP contribution in [-0.2, 0) is 14.4 Å². The van der Waals surface area contributed by atoms with Gasteiger partial charge in [0.2, 0.25) is 17.7 Å². The van der Waals surface area contributed by atoms with Crippen molar-refractivity contribution < 1.29 is 19.1 Å². The van der Waals surface area contributed by atoms with Crippen LogP contribution in [0, 0.1) is 11.8 Å². The van der Waals surface area contributed by atoms with E-state index in [2.05, 4.69) is 5.32 Å². The number of amides is 3. The zero-order valence-corrected chi connectivity index (χ0v) is 14.8. The first kappa shape index (κ1) is 17.7. The molecule has 2 fully saturated rings. The van der Waals surface area contributed by atoms with E-state index in [9.17, 15) is 14.4 Å². The fraction of sp³-hybridized carbons (Fsp3) is 0.500. The number of hydrogen-bond donors (Lipinski definition) is 1. The molecule has 25 heavy (non-hydrogen) atoms. The Morgan fingerprint density at radius 3 is 2.44 bits per heavy atom. The molecule has 0 aromatic heterocycles. The lowest BCUT2D eigenvalue weighted by Crippen LogP contribution is -2.34. The van der Waals surface area contributed by atoms with Crippen molar-refractivity contribution in [2.45, 2.75) is 32.1 Å². The topological polar surface area (TPSA) is 75.7 Å². The van der Waals surface area contributed by atoms with Crippen LogP contribution in [0.4, 0.5) is 5.69 Å². The summed E-state index contributed by atoms with van der Waals surface area (Å²) in [6, 6.07) is 4.94. The number of likely N-dealkylation sites (tertiary alicyclic amines) is 1. The molecular weight excluding hydrogens is 344 g/mol. The van der Waals surface area contributed by atoms with Crippen LogP contribution in [0.15, 0.2) is 18.2 Å². The van der Waals surface area contributed by atoms with Crippen molar-refractivity contribution in [2.75, 3.05) is 19.0 Å². The minimum absolute atomic E-state index is 0.0700. The summed E-state index contributed by atoms with van der Waals surface area (Å²) < 4.78 is 5.06. The largest absolute Gasteiger partial charge is 0.495 e. The van der Waals surface area contributed by atoms with Gasteiger partial charge in [-0.25, -0.2) is 0 Å². The zero-order chi connectivity index (χ0) is 18.0. The molecule has 1 N–H and O–H groups in total. The van der Waals surface area contributed by atoms with Crippen LogP contribution in [0.1, 0.15) is 32.1 Å². The first-order valence-corrected chi connectivity index (χ1v) is 8.87. The maximum Gasteiger partial charge on any atom is 0.233 e. The summed E-state index contributed by atoms with van der Waals surface area (Å²) in [5, 5.41) is 3.12. The molecular formula is C18H21ClN2O4. The summed E-state index contributed by atoms with van der Waals surface area (Å²) in [5.41, 5.74) is 0.545. The highest BCUT2D eigenvalue weighted by molar-refractivity contribution is 6.32. The van der Waals surface area contributed by atoms with Gasteiger partial charge in [-0.3, -0.25) is 19.3 Å². The Morgan fingerprint density at radius 2 is 1.88 bits per heavy atom. The van der Waals surface area contributed by atoms with Crippen LogP contribution in [-0.4, -0.2) is 36.3 Å². The van der Waals surface area contributed by atoms with E-state index in [-0.39, 0.29) is 42.5 Å². The zero-order valence-electron chi connectivity index (χ0n) is 14.1. The number of rotatable bonds is 5. The number of imide groups is 1. The molecule has 1 aromatic rings. The van der Waals surface area contributed by atoms with E-state index in [1.54, 1.807) is 18.2 Å². The van der Waals surface area contributed by atoms with Crippen molar-refractivity contribution in [3.05, 3.63) is 23.2 Å². The quantitative estimate of drug-likeness (QED) is 0.815. The number of carbonyl (C=O) groups excluding carboxylic acids is 3. The third-order valence-electron chi connectivity index (χ3n) is 4.93. The number of benzene rings is 1. The summed E-state index contributed by atoms with van der Waals surface area (Å²) >= 11 is 6.03. The van der Waals surface area contributed by atoms with Crippen molar-refractivity contribution in [2.24, 2.45) is 11.8 Å². The van der Waals surface area contributed by atoms with Crippen LogP contribution in [0.2, 0.25) is 5.02 Å². The second-order valence-corrected chi connectivity index (χ2v) is 6.88. The molecule has 1 aliphatic heterocycles. The molecule has 0 radical (unpaired) electrons. The third kappa shape index (κ3) is 3.63. The molecule has 134 valence electrons. The van der Waals surface area contributed by atoms with E-state index < -0.39 is 0 Å². The molecule has 2 aliphatic rings. The summed E-state index contributed by atoms with van der Waals surface area (Å²) in [6.07, 6.45) is 3.62. The number of ether oxygens (including phenoxy) is 1. The number of carbonyl (C=O) groups is 3. The van der Waals surface area contributed by atoms with Gasteiger partial charge in [-0.15, -0.1) is 0 Å². The maximum atomic E-state index is 12.4. The lowest BCUT2D eigenvalue weighted by atomic mass is 9.81. The smallest absolute Gasteiger partial charge is 0.233 e. The number of nitrogens with one attached hydrogen (secondary N) is 1. The number of hydrogen-bond acceptors (Lipinski definition) is 4. The van der Waals surface area contributed by atoms with Crippen molar-refractivity contribution in [3.63, 3.8) is 0 Å². The Bertz CT molecular complexity index is 682. The van der Waals surface area contributed by atoms with Crippen LogP contribution < -0.4 is 10.1 Å². The molecule has 3 amide bonds. The molecule has 1 saturated carbocycles. The highest BCUT2D eigenvalue weighted by Crippen LogP contribution is 2.38. The Morgan fingerprint density at radius 1 is 1.24 bits per heavy atom. The number of fused-ring (bicyclic) bond motifs is 1. The van der Waals surface area contributed by atoms with Gasteiger partial charge in [0.15, 0.2) is 0 Å². The summed E-state index contributed by atoms with van der Waals surface area (Å²) in [5.74, 6) is -0.327. The number of halogens is 1. The van der Waals surface area contributed by atoms with Crippen molar-refractivity contribution in [1.29, 1.82) is 0 Å². The number of anilines is 1. The van der Waals surface area contributed by atoms with Crippen LogP contribution in [0.3, 0.4) is 0 Å². The second-order valence-electron chi connectivity index (χ2n) is 6.47. The Labute approximate surface area is 151 Å². The molecule has 2 atom stereocenters. The molecule has 1 aromatic carbocycles. The monoisotopic (exact) mass is 364 g/mol. The molecule has 0 bridgehead atoms. The molecule has 3 rings (SSSR count). The van der Waals surface area contributed by atoms with Gasteiger partial charge in [0.25, 0.3) is 0 Å². The third-order valence-corrected chi connectivity index (χ3v) is 5.23. The van der Waals surface area contributed by atoms with Gasteiger partial charge in [0, 0.05) is 18.7 Å². The first-order chi connectivity index (χ1) is 12.0.